The molecule has 0 N–H and O–H groups in total. The molecule has 2 heterocycles. The molecular weight excluding hydrogens is 360 g/mol. The Morgan fingerprint density at radius 1 is 1.00 bits per heavy atom. The van der Waals surface area contributed by atoms with Crippen molar-refractivity contribution >= 4 is 23.7 Å². The molecule has 7 heteroatoms. The van der Waals surface area contributed by atoms with Gasteiger partial charge in [0.25, 0.3) is 5.91 Å². The van der Waals surface area contributed by atoms with Crippen LogP contribution in [0.5, 0.6) is 0 Å². The number of imide groups is 1. The van der Waals surface area contributed by atoms with Gasteiger partial charge in [0.2, 0.25) is 11.8 Å². The summed E-state index contributed by atoms with van der Waals surface area (Å²) in [7, 11) is 0. The number of rotatable bonds is 5. The topological polar surface area (TPSA) is 84.0 Å². The molecule has 0 radical (unpaired) electrons. The highest BCUT2D eigenvalue weighted by Gasteiger charge is 2.29. The largest absolute Gasteiger partial charge is 0.452 e. The van der Waals surface area contributed by atoms with Gasteiger partial charge in [0.15, 0.2) is 6.61 Å². The van der Waals surface area contributed by atoms with Gasteiger partial charge in [-0.3, -0.25) is 19.3 Å². The van der Waals surface area contributed by atoms with Gasteiger partial charge in [0, 0.05) is 25.9 Å². The second kappa shape index (κ2) is 8.54. The van der Waals surface area contributed by atoms with Crippen LogP contribution in [0.1, 0.15) is 49.0 Å². The minimum atomic E-state index is -0.564. The van der Waals surface area contributed by atoms with Crippen molar-refractivity contribution in [3.8, 4) is 0 Å². The smallest absolute Gasteiger partial charge is 0.338 e. The van der Waals surface area contributed by atoms with Crippen molar-refractivity contribution in [2.45, 2.75) is 39.7 Å². The Morgan fingerprint density at radius 2 is 1.57 bits per heavy atom. The average Bonchev–Trinajstić information content (AvgIpc) is 2.97. The van der Waals surface area contributed by atoms with Gasteiger partial charge < -0.3 is 9.64 Å². The molecule has 28 heavy (non-hydrogen) atoms. The van der Waals surface area contributed by atoms with Gasteiger partial charge in [-0.15, -0.1) is 0 Å². The minimum absolute atomic E-state index is 0.172. The lowest BCUT2D eigenvalue weighted by molar-refractivity contribution is -0.139. The Kier molecular flexibility index (Phi) is 6.11. The van der Waals surface area contributed by atoms with Gasteiger partial charge in [-0.25, -0.2) is 4.79 Å². The molecule has 3 rings (SSSR count). The van der Waals surface area contributed by atoms with Crippen molar-refractivity contribution in [3.05, 3.63) is 35.4 Å². The summed E-state index contributed by atoms with van der Waals surface area (Å²) in [6.07, 6.45) is 1.61. The maximum absolute atomic E-state index is 12.3. The molecule has 0 spiro atoms. The molecule has 0 saturated carbocycles. The molecule has 2 atom stereocenters. The SMILES string of the molecule is CC1CC(C)CN(C(=O)COC(=O)c2ccc(CN3C(=O)CCC3=O)cc2)C1. The first-order chi connectivity index (χ1) is 13.3. The fourth-order valence-corrected chi connectivity index (χ4v) is 3.90. The van der Waals surface area contributed by atoms with Crippen LogP contribution in [0.4, 0.5) is 0 Å². The molecule has 2 aliphatic rings. The van der Waals surface area contributed by atoms with Gasteiger partial charge >= 0.3 is 5.97 Å². The molecule has 2 fully saturated rings. The number of carbonyl (C=O) groups excluding carboxylic acids is 4. The number of likely N-dealkylation sites (tertiary alicyclic amines) is 2. The van der Waals surface area contributed by atoms with E-state index in [1.165, 1.54) is 4.90 Å². The molecule has 1 aromatic carbocycles. The van der Waals surface area contributed by atoms with Crippen LogP contribution < -0.4 is 0 Å². The summed E-state index contributed by atoms with van der Waals surface area (Å²) >= 11 is 0. The number of amides is 3. The van der Waals surface area contributed by atoms with Crippen LogP contribution in [-0.4, -0.2) is 53.2 Å². The van der Waals surface area contributed by atoms with E-state index in [1.54, 1.807) is 29.2 Å². The Bertz CT molecular complexity index is 748. The summed E-state index contributed by atoms with van der Waals surface area (Å²) in [5, 5.41) is 0. The van der Waals surface area contributed by atoms with Crippen LogP contribution in [0, 0.1) is 11.8 Å². The monoisotopic (exact) mass is 386 g/mol. The molecule has 150 valence electrons. The number of esters is 1. The molecule has 2 saturated heterocycles. The van der Waals surface area contributed by atoms with Crippen molar-refractivity contribution < 1.29 is 23.9 Å². The lowest BCUT2D eigenvalue weighted by atomic mass is 9.92. The summed E-state index contributed by atoms with van der Waals surface area (Å²) in [4.78, 5) is 50.9. The third kappa shape index (κ3) is 4.77. The first kappa shape index (κ1) is 20.0. The zero-order chi connectivity index (χ0) is 20.3. The van der Waals surface area contributed by atoms with E-state index in [2.05, 4.69) is 13.8 Å². The van der Waals surface area contributed by atoms with E-state index in [-0.39, 0.29) is 43.7 Å². The molecule has 0 aliphatic carbocycles. The highest BCUT2D eigenvalue weighted by atomic mass is 16.5. The summed E-state index contributed by atoms with van der Waals surface area (Å²) in [5.41, 5.74) is 1.09. The summed E-state index contributed by atoms with van der Waals surface area (Å²) in [5.74, 6) is -0.182. The Balaban J connectivity index is 1.51. The van der Waals surface area contributed by atoms with Gasteiger partial charge in [-0.1, -0.05) is 26.0 Å². The third-order valence-corrected chi connectivity index (χ3v) is 5.23. The Labute approximate surface area is 164 Å². The Hall–Kier alpha value is -2.70. The van der Waals surface area contributed by atoms with Crippen LogP contribution in [0.25, 0.3) is 0 Å². The lowest BCUT2D eigenvalue weighted by Gasteiger charge is -2.34. The average molecular weight is 386 g/mol. The molecule has 1 aromatic rings. The standard InChI is InChI=1S/C21H26N2O5/c1-14-9-15(2)11-22(10-14)20(26)13-28-21(27)17-5-3-16(4-6-17)12-23-18(24)7-8-19(23)25/h3-6,14-15H,7-13H2,1-2H3. The number of hydrogen-bond acceptors (Lipinski definition) is 5. The minimum Gasteiger partial charge on any atom is -0.452 e. The first-order valence-electron chi connectivity index (χ1n) is 9.70. The normalized spacial score (nSPS) is 22.5. The Morgan fingerprint density at radius 3 is 2.14 bits per heavy atom. The van der Waals surface area contributed by atoms with E-state index in [0.717, 1.165) is 12.0 Å². The summed E-state index contributed by atoms with van der Waals surface area (Å²) in [6, 6.07) is 6.53. The highest BCUT2D eigenvalue weighted by Crippen LogP contribution is 2.21. The first-order valence-corrected chi connectivity index (χ1v) is 9.70. The predicted octanol–water partition coefficient (Wildman–Crippen LogP) is 2.00. The number of carbonyl (C=O) groups is 4. The molecular formula is C21H26N2O5. The van der Waals surface area contributed by atoms with Crippen LogP contribution in [-0.2, 0) is 25.7 Å². The van der Waals surface area contributed by atoms with Crippen molar-refractivity contribution in [2.24, 2.45) is 11.8 Å². The fraction of sp³-hybridized carbons (Fsp3) is 0.524. The number of piperidine rings is 1. The summed E-state index contributed by atoms with van der Waals surface area (Å²) in [6.45, 7) is 5.57. The van der Waals surface area contributed by atoms with Crippen LogP contribution >= 0.6 is 0 Å². The van der Waals surface area contributed by atoms with Crippen LogP contribution in [0.3, 0.4) is 0 Å². The summed E-state index contributed by atoms with van der Waals surface area (Å²) < 4.78 is 5.17. The van der Waals surface area contributed by atoms with Gasteiger partial charge in [-0.05, 0) is 36.0 Å². The van der Waals surface area contributed by atoms with E-state index in [0.29, 0.717) is 30.5 Å². The van der Waals surface area contributed by atoms with Crippen molar-refractivity contribution in [1.82, 2.24) is 9.80 Å². The van der Waals surface area contributed by atoms with Gasteiger partial charge in [0.05, 0.1) is 12.1 Å². The molecule has 0 aromatic heterocycles. The van der Waals surface area contributed by atoms with E-state index in [4.69, 9.17) is 4.74 Å². The maximum Gasteiger partial charge on any atom is 0.338 e. The molecule has 2 aliphatic heterocycles. The molecule has 3 amide bonds. The van der Waals surface area contributed by atoms with E-state index < -0.39 is 5.97 Å². The van der Waals surface area contributed by atoms with Crippen LogP contribution in [0.2, 0.25) is 0 Å². The third-order valence-electron chi connectivity index (χ3n) is 5.23. The number of ether oxygens (including phenoxy) is 1. The zero-order valence-electron chi connectivity index (χ0n) is 16.3. The zero-order valence-corrected chi connectivity index (χ0v) is 16.3. The quantitative estimate of drug-likeness (QED) is 0.571. The molecule has 7 nitrogen and oxygen atoms in total. The molecule has 2 unspecified atom stereocenters. The lowest BCUT2D eigenvalue weighted by Crippen LogP contribution is -2.44. The number of hydrogen-bond donors (Lipinski definition) is 0. The predicted molar refractivity (Wildman–Crippen MR) is 101 cm³/mol. The van der Waals surface area contributed by atoms with Gasteiger partial charge in [0.1, 0.15) is 0 Å². The fourth-order valence-electron chi connectivity index (χ4n) is 3.90. The second-order valence-electron chi connectivity index (χ2n) is 7.89. The highest BCUT2D eigenvalue weighted by molar-refractivity contribution is 6.01. The van der Waals surface area contributed by atoms with Crippen molar-refractivity contribution in [2.75, 3.05) is 19.7 Å². The second-order valence-corrected chi connectivity index (χ2v) is 7.89. The van der Waals surface area contributed by atoms with E-state index >= 15 is 0 Å². The van der Waals surface area contributed by atoms with Gasteiger partial charge in [-0.2, -0.15) is 0 Å². The maximum atomic E-state index is 12.3. The number of nitrogens with zero attached hydrogens (tertiary/aromatic N) is 2. The van der Waals surface area contributed by atoms with Crippen molar-refractivity contribution in [1.29, 1.82) is 0 Å². The van der Waals surface area contributed by atoms with Crippen molar-refractivity contribution in [3.63, 3.8) is 0 Å². The number of benzene rings is 1. The van der Waals surface area contributed by atoms with E-state index in [9.17, 15) is 19.2 Å². The molecule has 0 bridgehead atoms. The van der Waals surface area contributed by atoms with Crippen LogP contribution in [0.15, 0.2) is 24.3 Å². The van der Waals surface area contributed by atoms with E-state index in [1.807, 2.05) is 0 Å².